The molecule has 0 saturated carbocycles. The molecule has 0 radical (unpaired) electrons. The molecule has 0 aliphatic rings. The summed E-state index contributed by atoms with van der Waals surface area (Å²) in [7, 11) is 0. The monoisotopic (exact) mass is 1090 g/mol. The number of hydrogen-bond acceptors (Lipinski definition) is 1. The van der Waals surface area contributed by atoms with E-state index in [1.165, 1.54) is 110 Å². The first-order chi connectivity index (χ1) is 42.7. The van der Waals surface area contributed by atoms with Gasteiger partial charge in [0, 0.05) is 66.1 Å². The molecule has 17 aromatic rings. The number of benzene rings is 14. The average molecular weight is 1100 g/mol. The molecule has 0 aliphatic heterocycles. The first-order valence-corrected chi connectivity index (χ1v) is 29.6. The van der Waals surface area contributed by atoms with Crippen molar-refractivity contribution in [1.82, 2.24) is 13.7 Å². The topological polar surface area (TPSA) is 18.0 Å². The Balaban J connectivity index is 0.758. The first-order valence-electron chi connectivity index (χ1n) is 29.6. The lowest BCUT2D eigenvalue weighted by Gasteiger charge is -2.28. The second kappa shape index (κ2) is 20.2. The maximum atomic E-state index is 2.43. The summed E-state index contributed by atoms with van der Waals surface area (Å²) in [6, 6.07) is 120. The summed E-state index contributed by atoms with van der Waals surface area (Å²) in [6.07, 6.45) is 0. The van der Waals surface area contributed by atoms with Crippen LogP contribution in [0.5, 0.6) is 0 Å². The van der Waals surface area contributed by atoms with Crippen LogP contribution in [0.25, 0.3) is 138 Å². The Labute approximate surface area is 498 Å². The lowest BCUT2D eigenvalue weighted by atomic mass is 9.95. The van der Waals surface area contributed by atoms with E-state index >= 15 is 0 Å². The van der Waals surface area contributed by atoms with Gasteiger partial charge in [-0.05, 0) is 165 Å². The van der Waals surface area contributed by atoms with Crippen LogP contribution in [0.2, 0.25) is 0 Å². The van der Waals surface area contributed by atoms with Crippen LogP contribution < -0.4 is 4.90 Å². The smallest absolute Gasteiger partial charge is 0.0547 e. The zero-order valence-electron chi connectivity index (χ0n) is 47.0. The van der Waals surface area contributed by atoms with E-state index in [-0.39, 0.29) is 0 Å². The van der Waals surface area contributed by atoms with Gasteiger partial charge >= 0.3 is 0 Å². The van der Waals surface area contributed by atoms with E-state index in [0.29, 0.717) is 0 Å². The summed E-state index contributed by atoms with van der Waals surface area (Å²) >= 11 is 0. The van der Waals surface area contributed by atoms with Crippen LogP contribution in [0.15, 0.2) is 328 Å². The van der Waals surface area contributed by atoms with Crippen LogP contribution in [0, 0.1) is 0 Å². The number of hydrogen-bond donors (Lipinski definition) is 0. The van der Waals surface area contributed by atoms with Gasteiger partial charge in [-0.2, -0.15) is 0 Å². The zero-order valence-corrected chi connectivity index (χ0v) is 47.0. The summed E-state index contributed by atoms with van der Waals surface area (Å²) in [5.41, 5.74) is 23.3. The second-order valence-corrected chi connectivity index (χ2v) is 22.4. The van der Waals surface area contributed by atoms with Crippen molar-refractivity contribution in [2.45, 2.75) is 0 Å². The van der Waals surface area contributed by atoms with E-state index in [1.54, 1.807) is 0 Å². The van der Waals surface area contributed by atoms with E-state index in [1.807, 2.05) is 0 Å². The van der Waals surface area contributed by atoms with Gasteiger partial charge in [0.15, 0.2) is 0 Å². The maximum Gasteiger partial charge on any atom is 0.0547 e. The zero-order chi connectivity index (χ0) is 56.7. The van der Waals surface area contributed by atoms with Crippen LogP contribution in [-0.4, -0.2) is 13.7 Å². The minimum absolute atomic E-state index is 1.07. The standard InChI is InChI=1S/C82H54N4/c1-4-18-62(19-5-1)84-77-30-16-13-27-71(77)74-52-59(41-49-80(74)84)57-34-32-55(33-35-57)56-36-43-65(44-37-56)83(66-45-38-58(39-46-66)60-42-50-81-75(53-60)72-28-14-17-31-78(72)85(81)63-20-6-2-7-21-63)79-51-48-67(68-24-10-11-25-69(68)79)61-40-47-73-70-26-12-15-29-76(70)86(82(73)54-61)64-22-8-3-9-23-64/h1-54H. The minimum atomic E-state index is 1.07. The largest absolute Gasteiger partial charge is 0.310 e. The van der Waals surface area contributed by atoms with E-state index in [0.717, 1.165) is 45.3 Å². The number of rotatable bonds is 10. The third-order valence-corrected chi connectivity index (χ3v) is 17.7. The lowest BCUT2D eigenvalue weighted by molar-refractivity contribution is 1.18. The van der Waals surface area contributed by atoms with Crippen molar-refractivity contribution in [2.75, 3.05) is 4.90 Å². The molecule has 4 nitrogen and oxygen atoms in total. The summed E-state index contributed by atoms with van der Waals surface area (Å²) in [4.78, 5) is 2.43. The second-order valence-electron chi connectivity index (χ2n) is 22.4. The van der Waals surface area contributed by atoms with E-state index in [2.05, 4.69) is 346 Å². The Kier molecular flexibility index (Phi) is 11.5. The van der Waals surface area contributed by atoms with Crippen molar-refractivity contribution in [3.8, 4) is 61.6 Å². The molecule has 0 N–H and O–H groups in total. The first kappa shape index (κ1) is 49.2. The van der Waals surface area contributed by atoms with Crippen molar-refractivity contribution in [1.29, 1.82) is 0 Å². The Hall–Kier alpha value is -11.5. The maximum absolute atomic E-state index is 2.43. The molecule has 14 aromatic carbocycles. The van der Waals surface area contributed by atoms with Gasteiger partial charge in [-0.25, -0.2) is 0 Å². The summed E-state index contributed by atoms with van der Waals surface area (Å²) < 4.78 is 7.15. The fourth-order valence-electron chi connectivity index (χ4n) is 13.6. The van der Waals surface area contributed by atoms with Crippen LogP contribution >= 0.6 is 0 Å². The number of nitrogens with zero attached hydrogens (tertiary/aromatic N) is 4. The molecule has 0 spiro atoms. The molecule has 0 aliphatic carbocycles. The van der Waals surface area contributed by atoms with Crippen LogP contribution in [0.1, 0.15) is 0 Å². The molecule has 0 bridgehead atoms. The molecule has 0 unspecified atom stereocenters. The Morgan fingerprint density at radius 3 is 0.977 bits per heavy atom. The van der Waals surface area contributed by atoms with Crippen molar-refractivity contribution >= 4 is 93.3 Å². The molecule has 3 aromatic heterocycles. The number of fused-ring (bicyclic) bond motifs is 10. The highest BCUT2D eigenvalue weighted by Crippen LogP contribution is 2.45. The molecular weight excluding hydrogens is 1040 g/mol. The van der Waals surface area contributed by atoms with E-state index < -0.39 is 0 Å². The normalized spacial score (nSPS) is 11.7. The molecule has 4 heteroatoms. The molecule has 0 atom stereocenters. The lowest BCUT2D eigenvalue weighted by Crippen LogP contribution is -2.10. The van der Waals surface area contributed by atoms with Gasteiger partial charge in [-0.15, -0.1) is 0 Å². The molecule has 17 rings (SSSR count). The van der Waals surface area contributed by atoms with Gasteiger partial charge in [0.05, 0.1) is 38.8 Å². The molecule has 0 fully saturated rings. The Morgan fingerprint density at radius 1 is 0.186 bits per heavy atom. The Morgan fingerprint density at radius 2 is 0.512 bits per heavy atom. The molecule has 3 heterocycles. The van der Waals surface area contributed by atoms with E-state index in [4.69, 9.17) is 0 Å². The third kappa shape index (κ3) is 8.07. The van der Waals surface area contributed by atoms with Crippen LogP contribution in [0.3, 0.4) is 0 Å². The van der Waals surface area contributed by atoms with Gasteiger partial charge in [-0.3, -0.25) is 0 Å². The number of anilines is 3. The van der Waals surface area contributed by atoms with Gasteiger partial charge in [0.25, 0.3) is 0 Å². The fourth-order valence-corrected chi connectivity index (χ4v) is 13.6. The highest BCUT2D eigenvalue weighted by atomic mass is 15.1. The van der Waals surface area contributed by atoms with Crippen LogP contribution in [0.4, 0.5) is 17.1 Å². The SMILES string of the molecule is c1ccc(-n2c3ccccc3c3cc(-c4ccc(-c5ccc(N(c6ccc(-c7ccc8c(c7)c7ccccc7n8-c7ccccc7)cc6)c6ccc(-c7ccc8c9ccccc9n(-c9ccccc9)c8c7)c7ccccc67)cc5)cc4)ccc32)cc1. The van der Waals surface area contributed by atoms with Crippen molar-refractivity contribution in [2.24, 2.45) is 0 Å². The quantitative estimate of drug-likeness (QED) is 0.133. The highest BCUT2D eigenvalue weighted by Gasteiger charge is 2.21. The molecule has 86 heavy (non-hydrogen) atoms. The number of aromatic nitrogens is 3. The minimum Gasteiger partial charge on any atom is -0.310 e. The predicted octanol–water partition coefficient (Wildman–Crippen LogP) is 22.3. The third-order valence-electron chi connectivity index (χ3n) is 17.7. The van der Waals surface area contributed by atoms with Crippen LogP contribution in [-0.2, 0) is 0 Å². The van der Waals surface area contributed by atoms with Gasteiger partial charge in [0.1, 0.15) is 0 Å². The average Bonchev–Trinajstić information content (AvgIpc) is 1.99. The fraction of sp³-hybridized carbons (Fsp3) is 0. The summed E-state index contributed by atoms with van der Waals surface area (Å²) in [5.74, 6) is 0. The highest BCUT2D eigenvalue weighted by molar-refractivity contribution is 6.14. The predicted molar refractivity (Wildman–Crippen MR) is 363 cm³/mol. The molecule has 402 valence electrons. The van der Waals surface area contributed by atoms with Crippen molar-refractivity contribution in [3.63, 3.8) is 0 Å². The van der Waals surface area contributed by atoms with Gasteiger partial charge < -0.3 is 18.6 Å². The molecule has 0 amide bonds. The number of para-hydroxylation sites is 6. The Bertz CT molecular complexity index is 5420. The van der Waals surface area contributed by atoms with E-state index in [9.17, 15) is 0 Å². The molecular formula is C82H54N4. The van der Waals surface area contributed by atoms with Gasteiger partial charge in [0.2, 0.25) is 0 Å². The van der Waals surface area contributed by atoms with Crippen molar-refractivity contribution in [3.05, 3.63) is 328 Å². The summed E-state index contributed by atoms with van der Waals surface area (Å²) in [6.45, 7) is 0. The molecule has 0 saturated heterocycles. The van der Waals surface area contributed by atoms with Gasteiger partial charge in [-0.1, -0.05) is 212 Å². The summed E-state index contributed by atoms with van der Waals surface area (Å²) in [5, 5.41) is 9.82. The van der Waals surface area contributed by atoms with Crippen molar-refractivity contribution < 1.29 is 0 Å².